The van der Waals surface area contributed by atoms with Gasteiger partial charge in [-0.2, -0.15) is 0 Å². The predicted octanol–water partition coefficient (Wildman–Crippen LogP) is 3.67. The Balaban J connectivity index is 0.00000324. The number of guanidine groups is 1. The summed E-state index contributed by atoms with van der Waals surface area (Å²) >= 11 is 3.33. The van der Waals surface area contributed by atoms with Crippen molar-refractivity contribution in [2.45, 2.75) is 33.4 Å². The van der Waals surface area contributed by atoms with Crippen LogP contribution in [0.3, 0.4) is 0 Å². The van der Waals surface area contributed by atoms with Crippen LogP contribution in [0, 0.1) is 5.82 Å². The van der Waals surface area contributed by atoms with E-state index in [0.29, 0.717) is 18.1 Å². The highest BCUT2D eigenvalue weighted by Crippen LogP contribution is 2.16. The lowest BCUT2D eigenvalue weighted by atomic mass is 10.2. The van der Waals surface area contributed by atoms with Crippen LogP contribution < -0.4 is 10.6 Å². The Hall–Kier alpha value is -0.370. The second kappa shape index (κ2) is 9.52. The molecular formula is C13H20BrFIN3. The van der Waals surface area contributed by atoms with Crippen molar-refractivity contribution in [1.29, 1.82) is 0 Å². The highest BCUT2D eigenvalue weighted by Gasteiger charge is 2.04. The van der Waals surface area contributed by atoms with Crippen molar-refractivity contribution < 1.29 is 4.39 Å². The quantitative estimate of drug-likeness (QED) is 0.423. The van der Waals surface area contributed by atoms with E-state index in [1.165, 1.54) is 6.07 Å². The molecule has 0 radical (unpaired) electrons. The molecule has 0 aromatic heterocycles. The maximum absolute atomic E-state index is 13.5. The largest absolute Gasteiger partial charge is 0.357 e. The maximum atomic E-state index is 13.5. The first-order valence-corrected chi connectivity index (χ1v) is 6.81. The number of nitrogens with zero attached hydrogens (tertiary/aromatic N) is 1. The van der Waals surface area contributed by atoms with Crippen molar-refractivity contribution in [2.24, 2.45) is 4.99 Å². The van der Waals surface area contributed by atoms with Gasteiger partial charge in [0.25, 0.3) is 0 Å². The number of halogens is 3. The summed E-state index contributed by atoms with van der Waals surface area (Å²) in [5.74, 6) is 0.467. The third-order valence-corrected chi connectivity index (χ3v) is 2.68. The van der Waals surface area contributed by atoms with E-state index < -0.39 is 0 Å². The van der Waals surface area contributed by atoms with Gasteiger partial charge in [0.05, 0.1) is 6.54 Å². The zero-order chi connectivity index (χ0) is 13.5. The lowest BCUT2D eigenvalue weighted by molar-refractivity contribution is 0.609. The first-order chi connectivity index (χ1) is 8.52. The predicted molar refractivity (Wildman–Crippen MR) is 92.6 cm³/mol. The summed E-state index contributed by atoms with van der Waals surface area (Å²) < 4.78 is 14.4. The van der Waals surface area contributed by atoms with Crippen molar-refractivity contribution in [3.05, 3.63) is 34.1 Å². The number of rotatable bonds is 4. The van der Waals surface area contributed by atoms with Crippen LogP contribution in [0.2, 0.25) is 0 Å². The Morgan fingerprint density at radius 3 is 2.68 bits per heavy atom. The van der Waals surface area contributed by atoms with Crippen LogP contribution >= 0.6 is 39.9 Å². The molecule has 0 fully saturated rings. The number of benzene rings is 1. The Bertz CT molecular complexity index is 424. The van der Waals surface area contributed by atoms with Gasteiger partial charge in [-0.25, -0.2) is 9.38 Å². The van der Waals surface area contributed by atoms with Gasteiger partial charge in [0, 0.05) is 22.6 Å². The lowest BCUT2D eigenvalue weighted by Crippen LogP contribution is -2.41. The molecular weight excluding hydrogens is 424 g/mol. The number of hydrogen-bond donors (Lipinski definition) is 2. The fourth-order valence-corrected chi connectivity index (χ4v) is 1.83. The molecule has 0 saturated carbocycles. The molecule has 108 valence electrons. The van der Waals surface area contributed by atoms with Gasteiger partial charge in [-0.05, 0) is 39.0 Å². The molecule has 1 aromatic rings. The van der Waals surface area contributed by atoms with Gasteiger partial charge in [-0.3, -0.25) is 0 Å². The Morgan fingerprint density at radius 1 is 1.42 bits per heavy atom. The van der Waals surface area contributed by atoms with Gasteiger partial charge in [0.15, 0.2) is 5.96 Å². The molecule has 0 atom stereocenters. The van der Waals surface area contributed by atoms with Crippen LogP contribution in [-0.2, 0) is 6.54 Å². The number of aliphatic imine (C=N–C) groups is 1. The van der Waals surface area contributed by atoms with E-state index in [0.717, 1.165) is 11.0 Å². The molecule has 0 amide bonds. The smallest absolute Gasteiger partial charge is 0.191 e. The second-order valence-electron chi connectivity index (χ2n) is 4.23. The van der Waals surface area contributed by atoms with Crippen molar-refractivity contribution in [2.75, 3.05) is 6.54 Å². The molecule has 0 heterocycles. The van der Waals surface area contributed by atoms with E-state index in [9.17, 15) is 4.39 Å². The molecule has 0 aliphatic rings. The Kier molecular flexibility index (Phi) is 9.34. The average Bonchev–Trinajstić information content (AvgIpc) is 2.29. The van der Waals surface area contributed by atoms with Crippen LogP contribution in [0.4, 0.5) is 4.39 Å². The number of hydrogen-bond acceptors (Lipinski definition) is 1. The first-order valence-electron chi connectivity index (χ1n) is 6.01. The normalized spacial score (nSPS) is 11.2. The molecule has 3 nitrogen and oxygen atoms in total. The first kappa shape index (κ1) is 18.6. The molecule has 0 spiro atoms. The molecule has 6 heteroatoms. The van der Waals surface area contributed by atoms with Gasteiger partial charge in [0.2, 0.25) is 0 Å². The minimum absolute atomic E-state index is 0. The standard InChI is InChI=1S/C13H19BrFN3.HI/c1-4-16-13(18-9(2)3)17-8-10-7-11(14)5-6-12(10)15;/h5-7,9H,4,8H2,1-3H3,(H2,16,17,18);1H. The SMILES string of the molecule is CCNC(=NCc1cc(Br)ccc1F)NC(C)C.I. The van der Waals surface area contributed by atoms with E-state index in [1.54, 1.807) is 12.1 Å². The molecule has 2 N–H and O–H groups in total. The Labute approximate surface area is 139 Å². The van der Waals surface area contributed by atoms with Crippen molar-refractivity contribution in [3.63, 3.8) is 0 Å². The van der Waals surface area contributed by atoms with Crippen LogP contribution in [0.25, 0.3) is 0 Å². The molecule has 19 heavy (non-hydrogen) atoms. The van der Waals surface area contributed by atoms with E-state index in [-0.39, 0.29) is 35.8 Å². The molecule has 0 saturated heterocycles. The highest BCUT2D eigenvalue weighted by atomic mass is 127. The van der Waals surface area contributed by atoms with Gasteiger partial charge >= 0.3 is 0 Å². The summed E-state index contributed by atoms with van der Waals surface area (Å²) in [6, 6.07) is 5.16. The molecule has 0 aliphatic carbocycles. The van der Waals surface area contributed by atoms with Crippen molar-refractivity contribution in [1.82, 2.24) is 10.6 Å². The summed E-state index contributed by atoms with van der Waals surface area (Å²) in [6.07, 6.45) is 0. The fourth-order valence-electron chi connectivity index (χ4n) is 1.42. The van der Waals surface area contributed by atoms with Crippen LogP contribution in [-0.4, -0.2) is 18.5 Å². The third-order valence-electron chi connectivity index (χ3n) is 2.18. The minimum atomic E-state index is -0.234. The third kappa shape index (κ3) is 7.10. The summed E-state index contributed by atoms with van der Waals surface area (Å²) in [5, 5.41) is 6.31. The summed E-state index contributed by atoms with van der Waals surface area (Å²) in [4.78, 5) is 4.36. The van der Waals surface area contributed by atoms with E-state index >= 15 is 0 Å². The van der Waals surface area contributed by atoms with Crippen molar-refractivity contribution >= 4 is 45.9 Å². The maximum Gasteiger partial charge on any atom is 0.191 e. The van der Waals surface area contributed by atoms with Gasteiger partial charge in [-0.15, -0.1) is 24.0 Å². The molecule has 1 aromatic carbocycles. The van der Waals surface area contributed by atoms with Gasteiger partial charge in [0.1, 0.15) is 5.82 Å². The molecule has 0 unspecified atom stereocenters. The zero-order valence-corrected chi connectivity index (χ0v) is 15.3. The van der Waals surface area contributed by atoms with Crippen molar-refractivity contribution in [3.8, 4) is 0 Å². The van der Waals surface area contributed by atoms with Gasteiger partial charge < -0.3 is 10.6 Å². The summed E-state index contributed by atoms with van der Waals surface area (Å²) in [7, 11) is 0. The van der Waals surface area contributed by atoms with E-state index in [2.05, 4.69) is 31.6 Å². The van der Waals surface area contributed by atoms with E-state index in [4.69, 9.17) is 0 Å². The topological polar surface area (TPSA) is 36.4 Å². The summed E-state index contributed by atoms with van der Waals surface area (Å²) in [5.41, 5.74) is 0.574. The minimum Gasteiger partial charge on any atom is -0.357 e. The molecule has 0 bridgehead atoms. The van der Waals surface area contributed by atoms with Crippen LogP contribution in [0.15, 0.2) is 27.7 Å². The van der Waals surface area contributed by atoms with Gasteiger partial charge in [-0.1, -0.05) is 15.9 Å². The fraction of sp³-hybridized carbons (Fsp3) is 0.462. The average molecular weight is 444 g/mol. The van der Waals surface area contributed by atoms with Crippen LogP contribution in [0.5, 0.6) is 0 Å². The number of nitrogens with one attached hydrogen (secondary N) is 2. The monoisotopic (exact) mass is 443 g/mol. The molecule has 0 aliphatic heterocycles. The van der Waals surface area contributed by atoms with Crippen LogP contribution in [0.1, 0.15) is 26.3 Å². The second-order valence-corrected chi connectivity index (χ2v) is 5.15. The Morgan fingerprint density at radius 2 is 2.11 bits per heavy atom. The zero-order valence-electron chi connectivity index (χ0n) is 11.3. The van der Waals surface area contributed by atoms with E-state index in [1.807, 2.05) is 20.8 Å². The lowest BCUT2D eigenvalue weighted by Gasteiger charge is -2.14. The highest BCUT2D eigenvalue weighted by molar-refractivity contribution is 14.0. The molecule has 1 rings (SSSR count). The summed E-state index contributed by atoms with van der Waals surface area (Å²) in [6.45, 7) is 7.16.